The van der Waals surface area contributed by atoms with Crippen molar-refractivity contribution in [2.24, 2.45) is 0 Å². The summed E-state index contributed by atoms with van der Waals surface area (Å²) >= 11 is 2.11. The van der Waals surface area contributed by atoms with Crippen LogP contribution < -0.4 is 0 Å². The van der Waals surface area contributed by atoms with Crippen LogP contribution in [0, 0.1) is 0 Å². The second-order valence-corrected chi connectivity index (χ2v) is 4.26. The van der Waals surface area contributed by atoms with Gasteiger partial charge in [-0.05, 0) is 13.8 Å². The molecule has 60 valence electrons. The van der Waals surface area contributed by atoms with Crippen molar-refractivity contribution in [3.63, 3.8) is 0 Å². The van der Waals surface area contributed by atoms with E-state index in [0.29, 0.717) is 0 Å². The highest BCUT2D eigenvalue weighted by atomic mass is 32.2. The highest BCUT2D eigenvalue weighted by molar-refractivity contribution is 7.99. The maximum Gasteiger partial charge on any atom is 0.0878 e. The Morgan fingerprint density at radius 1 is 1.10 bits per heavy atom. The molecule has 0 amide bonds. The summed E-state index contributed by atoms with van der Waals surface area (Å²) in [6, 6.07) is 0. The van der Waals surface area contributed by atoms with Crippen molar-refractivity contribution in [1.29, 1.82) is 0 Å². The minimum atomic E-state index is 1.33. The Balaban J connectivity index is 2.44. The van der Waals surface area contributed by atoms with Gasteiger partial charge in [-0.15, -0.1) is 0 Å². The van der Waals surface area contributed by atoms with Gasteiger partial charge in [0.15, 0.2) is 0 Å². The van der Waals surface area contributed by atoms with E-state index in [1.165, 1.54) is 42.2 Å². The first kappa shape index (κ1) is 8.41. The highest BCUT2D eigenvalue weighted by Gasteiger charge is 2.25. The first-order valence-corrected chi connectivity index (χ1v) is 5.41. The van der Waals surface area contributed by atoms with E-state index in [-0.39, 0.29) is 0 Å². The number of thioether (sulfide) groups is 1. The summed E-state index contributed by atoms with van der Waals surface area (Å²) in [7, 11) is 0. The molecule has 1 heterocycles. The average molecular weight is 160 g/mol. The molecule has 0 aromatic carbocycles. The normalized spacial score (nSPS) is 24.6. The van der Waals surface area contributed by atoms with Crippen molar-refractivity contribution >= 4 is 11.8 Å². The number of hydrogen-bond donors (Lipinski definition) is 0. The molecule has 1 aliphatic rings. The third-order valence-electron chi connectivity index (χ3n) is 2.76. The zero-order valence-electron chi connectivity index (χ0n) is 7.10. The number of hydrogen-bond acceptors (Lipinski definition) is 1. The molecule has 0 atom stereocenters. The van der Waals surface area contributed by atoms with Crippen LogP contribution in [0.5, 0.6) is 0 Å². The van der Waals surface area contributed by atoms with Crippen LogP contribution in [-0.4, -0.2) is 42.2 Å². The van der Waals surface area contributed by atoms with E-state index in [1.54, 1.807) is 0 Å². The quantitative estimate of drug-likeness (QED) is 0.553. The van der Waals surface area contributed by atoms with Gasteiger partial charge >= 0.3 is 0 Å². The Hall–Kier alpha value is 0.310. The molecule has 0 aromatic heterocycles. The Labute approximate surface area is 68.4 Å². The molecule has 0 radical (unpaired) electrons. The summed E-state index contributed by atoms with van der Waals surface area (Å²) in [5.74, 6) is 2.75. The molecule has 1 saturated heterocycles. The fraction of sp³-hybridized carbons (Fsp3) is 1.00. The van der Waals surface area contributed by atoms with Crippen LogP contribution in [-0.2, 0) is 0 Å². The van der Waals surface area contributed by atoms with Gasteiger partial charge in [-0.2, -0.15) is 11.8 Å². The Kier molecular flexibility index (Phi) is 3.05. The zero-order chi connectivity index (χ0) is 7.45. The monoisotopic (exact) mass is 160 g/mol. The van der Waals surface area contributed by atoms with Crippen LogP contribution in [0.3, 0.4) is 0 Å². The van der Waals surface area contributed by atoms with E-state index < -0.39 is 0 Å². The van der Waals surface area contributed by atoms with Gasteiger partial charge in [-0.3, -0.25) is 0 Å². The molecule has 0 saturated carbocycles. The van der Waals surface area contributed by atoms with E-state index in [9.17, 15) is 0 Å². The van der Waals surface area contributed by atoms with E-state index in [0.717, 1.165) is 0 Å². The lowest BCUT2D eigenvalue weighted by Gasteiger charge is -2.39. The van der Waals surface area contributed by atoms with Crippen molar-refractivity contribution in [2.75, 3.05) is 37.7 Å². The minimum absolute atomic E-state index is 1.33. The Morgan fingerprint density at radius 2 is 1.60 bits per heavy atom. The summed E-state index contributed by atoms with van der Waals surface area (Å²) in [6.45, 7) is 10.1. The molecule has 1 rings (SSSR count). The highest BCUT2D eigenvalue weighted by Crippen LogP contribution is 2.17. The van der Waals surface area contributed by atoms with Crippen LogP contribution in [0.25, 0.3) is 0 Å². The summed E-state index contributed by atoms with van der Waals surface area (Å²) in [5.41, 5.74) is 0. The molecule has 0 aromatic rings. The van der Waals surface area contributed by atoms with Crippen molar-refractivity contribution < 1.29 is 4.48 Å². The Bertz CT molecular complexity index is 91.4. The fourth-order valence-electron chi connectivity index (χ4n) is 1.59. The summed E-state index contributed by atoms with van der Waals surface area (Å²) in [5, 5.41) is 0. The van der Waals surface area contributed by atoms with Gasteiger partial charge in [0, 0.05) is 11.5 Å². The number of quaternary nitrogens is 1. The molecular formula is C8H18NS+. The predicted octanol–water partition coefficient (Wildman–Crippen LogP) is 1.59. The molecule has 0 spiro atoms. The van der Waals surface area contributed by atoms with Gasteiger partial charge in [-0.1, -0.05) is 0 Å². The van der Waals surface area contributed by atoms with Gasteiger partial charge in [0.25, 0.3) is 0 Å². The van der Waals surface area contributed by atoms with Gasteiger partial charge in [0.2, 0.25) is 0 Å². The largest absolute Gasteiger partial charge is 0.323 e. The molecular weight excluding hydrogens is 142 g/mol. The molecule has 1 nitrogen and oxygen atoms in total. The lowest BCUT2D eigenvalue weighted by molar-refractivity contribution is -0.921. The topological polar surface area (TPSA) is 0 Å². The molecule has 0 bridgehead atoms. The van der Waals surface area contributed by atoms with Crippen molar-refractivity contribution in [3.8, 4) is 0 Å². The first-order chi connectivity index (χ1) is 4.83. The second-order valence-electron chi connectivity index (χ2n) is 3.03. The average Bonchev–Trinajstić information content (AvgIpc) is 2.06. The van der Waals surface area contributed by atoms with Crippen LogP contribution in [0.4, 0.5) is 0 Å². The third-order valence-corrected chi connectivity index (χ3v) is 3.70. The zero-order valence-corrected chi connectivity index (χ0v) is 7.91. The predicted molar refractivity (Wildman–Crippen MR) is 48.4 cm³/mol. The molecule has 2 heteroatoms. The van der Waals surface area contributed by atoms with Crippen LogP contribution in [0.15, 0.2) is 0 Å². The van der Waals surface area contributed by atoms with Gasteiger partial charge in [0.1, 0.15) is 0 Å². The second kappa shape index (κ2) is 3.63. The third kappa shape index (κ3) is 1.67. The summed E-state index contributed by atoms with van der Waals surface area (Å²) < 4.78 is 1.37. The van der Waals surface area contributed by atoms with Gasteiger partial charge in [-0.25, -0.2) is 0 Å². The summed E-state index contributed by atoms with van der Waals surface area (Å²) in [4.78, 5) is 0. The molecule has 0 N–H and O–H groups in total. The van der Waals surface area contributed by atoms with Gasteiger partial charge < -0.3 is 4.48 Å². The molecule has 1 fully saturated rings. The van der Waals surface area contributed by atoms with E-state index in [1.807, 2.05) is 0 Å². The first-order valence-electron chi connectivity index (χ1n) is 4.26. The molecule has 0 unspecified atom stereocenters. The maximum atomic E-state index is 2.32. The smallest absolute Gasteiger partial charge is 0.0878 e. The molecule has 0 aliphatic carbocycles. The lowest BCUT2D eigenvalue weighted by Crippen LogP contribution is -2.52. The molecule has 1 aliphatic heterocycles. The van der Waals surface area contributed by atoms with Crippen LogP contribution in [0.1, 0.15) is 13.8 Å². The van der Waals surface area contributed by atoms with Crippen LogP contribution >= 0.6 is 11.8 Å². The lowest BCUT2D eigenvalue weighted by atomic mass is 10.3. The SMILES string of the molecule is CC[N+]1(CC)CCSCC1. The van der Waals surface area contributed by atoms with E-state index >= 15 is 0 Å². The van der Waals surface area contributed by atoms with Crippen molar-refractivity contribution in [2.45, 2.75) is 13.8 Å². The fourth-order valence-corrected chi connectivity index (χ4v) is 2.82. The minimum Gasteiger partial charge on any atom is -0.323 e. The number of rotatable bonds is 2. The van der Waals surface area contributed by atoms with Crippen LogP contribution in [0.2, 0.25) is 0 Å². The molecule has 10 heavy (non-hydrogen) atoms. The van der Waals surface area contributed by atoms with Crippen molar-refractivity contribution in [3.05, 3.63) is 0 Å². The standard InChI is InChI=1S/C8H18NS/c1-3-9(4-2)5-7-10-8-6-9/h3-8H2,1-2H3/q+1. The summed E-state index contributed by atoms with van der Waals surface area (Å²) in [6.07, 6.45) is 0. The van der Waals surface area contributed by atoms with Gasteiger partial charge in [0.05, 0.1) is 26.2 Å². The van der Waals surface area contributed by atoms with E-state index in [2.05, 4.69) is 25.6 Å². The Morgan fingerprint density at radius 3 is 1.90 bits per heavy atom. The van der Waals surface area contributed by atoms with E-state index in [4.69, 9.17) is 0 Å². The number of nitrogens with zero attached hydrogens (tertiary/aromatic N) is 1. The maximum absolute atomic E-state index is 2.32. The van der Waals surface area contributed by atoms with Crippen molar-refractivity contribution in [1.82, 2.24) is 0 Å².